The first kappa shape index (κ1) is 28.3. The molecule has 2 aromatic rings. The van der Waals surface area contributed by atoms with Crippen LogP contribution in [0.2, 0.25) is 0 Å². The van der Waals surface area contributed by atoms with E-state index in [1.54, 1.807) is 0 Å². The van der Waals surface area contributed by atoms with Crippen LogP contribution in [0, 0.1) is 6.92 Å². The minimum Gasteiger partial charge on any atom is -0.507 e. The van der Waals surface area contributed by atoms with E-state index in [1.807, 2.05) is 0 Å². The van der Waals surface area contributed by atoms with Crippen molar-refractivity contribution in [3.05, 3.63) is 45.0 Å². The first-order valence-electron chi connectivity index (χ1n) is 11.7. The largest absolute Gasteiger partial charge is 0.507 e. The van der Waals surface area contributed by atoms with Crippen LogP contribution < -0.4 is 0 Å². The maximum absolute atomic E-state index is 13.7. The summed E-state index contributed by atoms with van der Waals surface area (Å²) in [6.45, 7) is 4.35. The van der Waals surface area contributed by atoms with Gasteiger partial charge in [-0.1, -0.05) is 0 Å². The molecule has 1 aliphatic carbocycles. The van der Waals surface area contributed by atoms with Gasteiger partial charge in [0.1, 0.15) is 45.6 Å². The maximum atomic E-state index is 13.7. The van der Waals surface area contributed by atoms with E-state index >= 15 is 0 Å². The van der Waals surface area contributed by atoms with Crippen LogP contribution in [0.3, 0.4) is 0 Å². The molecule has 13 heteroatoms. The van der Waals surface area contributed by atoms with Crippen LogP contribution in [0.1, 0.15) is 81.0 Å². The molecule has 13 nitrogen and oxygen atoms in total. The number of benzene rings is 2. The average molecular weight is 548 g/mol. The van der Waals surface area contributed by atoms with Crippen LogP contribution in [0.15, 0.2) is 6.07 Å². The minimum absolute atomic E-state index is 0.318. The third kappa shape index (κ3) is 3.16. The number of ether oxygens (including phenoxy) is 1. The second-order valence-corrected chi connectivity index (χ2v) is 10.6. The molecular weight excluding hydrogens is 520 g/mol. The fourth-order valence-electron chi connectivity index (χ4n) is 5.71. The van der Waals surface area contributed by atoms with Crippen molar-refractivity contribution < 1.29 is 65.1 Å². The summed E-state index contributed by atoms with van der Waals surface area (Å²) in [5.41, 5.74) is -14.5. The number of hydrogen-bond donors (Lipinski definition) is 9. The molecule has 1 heterocycles. The highest BCUT2D eigenvalue weighted by Gasteiger charge is 2.71. The molecule has 0 amide bonds. The number of rotatable bonds is 3. The predicted molar refractivity (Wildman–Crippen MR) is 129 cm³/mol. The Kier molecular flexibility index (Phi) is 5.89. The summed E-state index contributed by atoms with van der Waals surface area (Å²) in [5.74, 6) is -8.36. The molecule has 3 unspecified atom stereocenters. The van der Waals surface area contributed by atoms with Gasteiger partial charge in [-0.25, -0.2) is 4.79 Å². The SMILES string of the molecule is Cc1c(C(=O)O)c(O)cc2c1C(=O)c1c(O)c([C@@]3(C)OC(CO)[C@@](C)(O)C(C)(O)C3(C)O)c(O)c(O)c1C2=O. The zero-order valence-electron chi connectivity index (χ0n) is 21.5. The van der Waals surface area contributed by atoms with E-state index in [4.69, 9.17) is 4.74 Å². The lowest BCUT2D eigenvalue weighted by Gasteiger charge is -2.62. The van der Waals surface area contributed by atoms with Gasteiger partial charge in [-0.05, 0) is 46.2 Å². The second kappa shape index (κ2) is 8.13. The Morgan fingerprint density at radius 1 is 0.872 bits per heavy atom. The molecule has 1 fully saturated rings. The van der Waals surface area contributed by atoms with Gasteiger partial charge in [-0.15, -0.1) is 0 Å². The summed E-state index contributed by atoms with van der Waals surface area (Å²) in [6.07, 6.45) is -1.64. The van der Waals surface area contributed by atoms with E-state index in [0.717, 1.165) is 40.7 Å². The number of fused-ring (bicyclic) bond motifs is 2. The van der Waals surface area contributed by atoms with E-state index in [-0.39, 0.29) is 5.56 Å². The molecule has 39 heavy (non-hydrogen) atoms. The highest BCUT2D eigenvalue weighted by Crippen LogP contribution is 2.60. The summed E-state index contributed by atoms with van der Waals surface area (Å²) < 4.78 is 5.76. The van der Waals surface area contributed by atoms with Crippen LogP contribution in [-0.2, 0) is 10.3 Å². The predicted octanol–water partition coefficient (Wildman–Crippen LogP) is 0.150. The number of carboxylic acid groups (broad SMARTS) is 1. The van der Waals surface area contributed by atoms with E-state index in [0.29, 0.717) is 0 Å². The van der Waals surface area contributed by atoms with Crippen molar-refractivity contribution in [2.45, 2.75) is 63.1 Å². The highest BCUT2D eigenvalue weighted by atomic mass is 16.6. The van der Waals surface area contributed by atoms with Crippen molar-refractivity contribution in [3.63, 3.8) is 0 Å². The van der Waals surface area contributed by atoms with Crippen LogP contribution >= 0.6 is 0 Å². The van der Waals surface area contributed by atoms with Crippen molar-refractivity contribution in [2.24, 2.45) is 0 Å². The smallest absolute Gasteiger partial charge is 0.339 e. The lowest BCUT2D eigenvalue weighted by atomic mass is 9.59. The molecule has 1 aliphatic heterocycles. The summed E-state index contributed by atoms with van der Waals surface area (Å²) in [7, 11) is 0. The van der Waals surface area contributed by atoms with E-state index in [9.17, 15) is 60.3 Å². The summed E-state index contributed by atoms with van der Waals surface area (Å²) in [4.78, 5) is 38.7. The first-order valence-corrected chi connectivity index (χ1v) is 11.7. The third-order valence-corrected chi connectivity index (χ3v) is 8.63. The monoisotopic (exact) mass is 548 g/mol. The zero-order chi connectivity index (χ0) is 29.8. The number of aliphatic hydroxyl groups is 4. The zero-order valence-corrected chi connectivity index (χ0v) is 21.5. The Hall–Kier alpha value is -3.75. The standard InChI is InChI=1S/C26H28O13/c1-8-12-9(6-10(28)13(8)22(34)35)17(29)14-15(18(12)30)19(31)16(21(33)20(14)32)24(3)26(5,38)25(4,37)23(2,36)11(7-27)39-24/h6,11,27-28,31-33,36-38H,7H2,1-5H3,(H,34,35)/t11?,23-,24-,25?,26?/m1/s1. The number of ketones is 2. The quantitative estimate of drug-likeness (QED) is 0.156. The first-order chi connectivity index (χ1) is 17.7. The van der Waals surface area contributed by atoms with Crippen LogP contribution in [-0.4, -0.2) is 93.0 Å². The number of carbonyl (C=O) groups excluding carboxylic acids is 2. The molecule has 0 bridgehead atoms. The van der Waals surface area contributed by atoms with Crippen LogP contribution in [0.4, 0.5) is 0 Å². The van der Waals surface area contributed by atoms with Crippen molar-refractivity contribution in [2.75, 3.05) is 6.61 Å². The van der Waals surface area contributed by atoms with Crippen molar-refractivity contribution in [3.8, 4) is 23.0 Å². The molecule has 1 saturated heterocycles. The summed E-state index contributed by atoms with van der Waals surface area (Å²) >= 11 is 0. The molecule has 210 valence electrons. The molecule has 2 aliphatic rings. The molecule has 0 radical (unpaired) electrons. The Morgan fingerprint density at radius 2 is 1.41 bits per heavy atom. The van der Waals surface area contributed by atoms with E-state index in [2.05, 4.69) is 0 Å². The maximum Gasteiger partial charge on any atom is 0.339 e. The van der Waals surface area contributed by atoms with Gasteiger partial charge in [-0.2, -0.15) is 0 Å². The van der Waals surface area contributed by atoms with E-state index in [1.165, 1.54) is 0 Å². The Bertz CT molecular complexity index is 1480. The molecule has 2 aromatic carbocycles. The fourth-order valence-corrected chi connectivity index (χ4v) is 5.71. The van der Waals surface area contributed by atoms with Gasteiger partial charge in [0, 0.05) is 11.1 Å². The average Bonchev–Trinajstić information content (AvgIpc) is 2.81. The summed E-state index contributed by atoms with van der Waals surface area (Å²) in [5, 5.41) is 96.6. The Morgan fingerprint density at radius 3 is 1.92 bits per heavy atom. The van der Waals surface area contributed by atoms with Gasteiger partial charge >= 0.3 is 5.97 Å². The molecule has 5 atom stereocenters. The fraction of sp³-hybridized carbons (Fsp3) is 0.423. The number of carboxylic acids is 1. The summed E-state index contributed by atoms with van der Waals surface area (Å²) in [6, 6.07) is 0.720. The Labute approximate surface area is 220 Å². The van der Waals surface area contributed by atoms with Gasteiger partial charge in [-0.3, -0.25) is 9.59 Å². The van der Waals surface area contributed by atoms with Crippen molar-refractivity contribution >= 4 is 17.5 Å². The van der Waals surface area contributed by atoms with Crippen LogP contribution in [0.25, 0.3) is 0 Å². The number of aromatic carboxylic acids is 1. The van der Waals surface area contributed by atoms with Gasteiger partial charge in [0.05, 0.1) is 23.3 Å². The number of carbonyl (C=O) groups is 3. The second-order valence-electron chi connectivity index (χ2n) is 10.6. The van der Waals surface area contributed by atoms with Gasteiger partial charge in [0.15, 0.2) is 23.1 Å². The lowest BCUT2D eigenvalue weighted by molar-refractivity contribution is -0.378. The molecular formula is C26H28O13. The molecule has 9 N–H and O–H groups in total. The number of aliphatic hydroxyl groups excluding tert-OH is 1. The molecule has 4 rings (SSSR count). The number of aromatic hydroxyl groups is 4. The molecule has 0 aromatic heterocycles. The van der Waals surface area contributed by atoms with E-state index < -0.39 is 109 Å². The van der Waals surface area contributed by atoms with Crippen LogP contribution in [0.5, 0.6) is 23.0 Å². The minimum atomic E-state index is -2.62. The topological polar surface area (TPSA) is 243 Å². The van der Waals surface area contributed by atoms with Crippen molar-refractivity contribution in [1.29, 1.82) is 0 Å². The van der Waals surface area contributed by atoms with Gasteiger partial charge in [0.25, 0.3) is 0 Å². The Balaban J connectivity index is 2.10. The highest BCUT2D eigenvalue weighted by molar-refractivity contribution is 6.31. The number of hydrogen-bond acceptors (Lipinski definition) is 12. The van der Waals surface area contributed by atoms with Gasteiger partial charge < -0.3 is 50.7 Å². The molecule has 0 spiro atoms. The normalized spacial score (nSPS) is 32.1. The van der Waals surface area contributed by atoms with Crippen molar-refractivity contribution in [1.82, 2.24) is 0 Å². The third-order valence-electron chi connectivity index (χ3n) is 8.63. The number of phenols is 4. The van der Waals surface area contributed by atoms with Gasteiger partial charge in [0.2, 0.25) is 0 Å². The lowest BCUT2D eigenvalue weighted by Crippen LogP contribution is -2.79. The number of phenolic OH excluding ortho intramolecular Hbond substituents is 3. The molecule has 0 saturated carbocycles.